The molecule has 1 aliphatic heterocycles. The minimum absolute atomic E-state index is 0.345. The molecule has 0 N–H and O–H groups in total. The van der Waals surface area contributed by atoms with Gasteiger partial charge in [-0.05, 0) is 42.5 Å². The summed E-state index contributed by atoms with van der Waals surface area (Å²) in [6.45, 7) is 2.53. The standard InChI is InChI=1S/C23H27NO4/c1-26-17-22(23(25)27-2)21-12-5-4-9-18(21)16-28-20-11-8-10-19(15-20)24-13-6-3-7-14-24/h4-5,8-12,15,17H,3,6-7,13-14,16H2,1-2H3/b22-17-. The molecule has 0 unspecified atom stereocenters. The van der Waals surface area contributed by atoms with Crippen LogP contribution in [0, 0.1) is 0 Å². The third kappa shape index (κ3) is 4.85. The molecule has 148 valence electrons. The Morgan fingerprint density at radius 3 is 2.57 bits per heavy atom. The Morgan fingerprint density at radius 1 is 1.04 bits per heavy atom. The summed E-state index contributed by atoms with van der Waals surface area (Å²) < 4.78 is 16.0. The summed E-state index contributed by atoms with van der Waals surface area (Å²) in [5, 5.41) is 0. The highest BCUT2D eigenvalue weighted by Gasteiger charge is 2.17. The monoisotopic (exact) mass is 381 g/mol. The van der Waals surface area contributed by atoms with E-state index in [1.165, 1.54) is 45.4 Å². The molecule has 28 heavy (non-hydrogen) atoms. The van der Waals surface area contributed by atoms with Crippen LogP contribution in [-0.4, -0.2) is 33.3 Å². The second kappa shape index (κ2) is 9.83. The fourth-order valence-electron chi connectivity index (χ4n) is 3.44. The minimum atomic E-state index is -0.443. The van der Waals surface area contributed by atoms with Crippen LogP contribution in [0.4, 0.5) is 5.69 Å². The fourth-order valence-corrected chi connectivity index (χ4v) is 3.44. The first-order valence-corrected chi connectivity index (χ1v) is 9.60. The van der Waals surface area contributed by atoms with Crippen LogP contribution < -0.4 is 9.64 Å². The van der Waals surface area contributed by atoms with Crippen molar-refractivity contribution in [1.82, 2.24) is 0 Å². The van der Waals surface area contributed by atoms with Crippen LogP contribution in [0.25, 0.3) is 5.57 Å². The van der Waals surface area contributed by atoms with E-state index in [1.54, 1.807) is 0 Å². The van der Waals surface area contributed by atoms with Gasteiger partial charge in [0.25, 0.3) is 0 Å². The normalized spacial score (nSPS) is 14.5. The number of piperidine rings is 1. The summed E-state index contributed by atoms with van der Waals surface area (Å²) in [6.07, 6.45) is 5.18. The third-order valence-corrected chi connectivity index (χ3v) is 4.88. The molecule has 1 saturated heterocycles. The number of hydrogen-bond donors (Lipinski definition) is 0. The van der Waals surface area contributed by atoms with Gasteiger partial charge in [0, 0.05) is 24.8 Å². The number of anilines is 1. The molecule has 5 nitrogen and oxygen atoms in total. The molecule has 1 heterocycles. The van der Waals surface area contributed by atoms with E-state index in [9.17, 15) is 4.79 Å². The molecule has 2 aromatic carbocycles. The Morgan fingerprint density at radius 2 is 1.82 bits per heavy atom. The quantitative estimate of drug-likeness (QED) is 0.404. The van der Waals surface area contributed by atoms with Gasteiger partial charge in [-0.3, -0.25) is 0 Å². The average molecular weight is 381 g/mol. The number of hydrogen-bond acceptors (Lipinski definition) is 5. The molecule has 0 saturated carbocycles. The molecule has 0 amide bonds. The second-order valence-corrected chi connectivity index (χ2v) is 6.75. The minimum Gasteiger partial charge on any atom is -0.503 e. The van der Waals surface area contributed by atoms with Crippen molar-refractivity contribution in [2.24, 2.45) is 0 Å². The lowest BCUT2D eigenvalue weighted by molar-refractivity contribution is -0.133. The van der Waals surface area contributed by atoms with Crippen molar-refractivity contribution in [3.05, 3.63) is 65.9 Å². The number of rotatable bonds is 7. The Bertz CT molecular complexity index is 825. The van der Waals surface area contributed by atoms with Crippen LogP contribution in [0.2, 0.25) is 0 Å². The first-order valence-electron chi connectivity index (χ1n) is 9.60. The van der Waals surface area contributed by atoms with Crippen molar-refractivity contribution in [2.45, 2.75) is 25.9 Å². The van der Waals surface area contributed by atoms with Crippen molar-refractivity contribution >= 4 is 17.2 Å². The van der Waals surface area contributed by atoms with Crippen molar-refractivity contribution in [2.75, 3.05) is 32.2 Å². The number of methoxy groups -OCH3 is 2. The summed E-state index contributed by atoms with van der Waals surface area (Å²) in [5.74, 6) is 0.370. The van der Waals surface area contributed by atoms with Gasteiger partial charge in [-0.25, -0.2) is 4.79 Å². The van der Waals surface area contributed by atoms with Crippen LogP contribution in [0.1, 0.15) is 30.4 Å². The lowest BCUT2D eigenvalue weighted by Gasteiger charge is -2.29. The predicted octanol–water partition coefficient (Wildman–Crippen LogP) is 4.42. The van der Waals surface area contributed by atoms with E-state index in [0.717, 1.165) is 30.0 Å². The third-order valence-electron chi connectivity index (χ3n) is 4.88. The predicted molar refractivity (Wildman–Crippen MR) is 110 cm³/mol. The number of carbonyl (C=O) groups excluding carboxylic acids is 1. The largest absolute Gasteiger partial charge is 0.503 e. The van der Waals surface area contributed by atoms with Gasteiger partial charge in [0.05, 0.1) is 20.5 Å². The molecule has 1 aliphatic rings. The van der Waals surface area contributed by atoms with E-state index in [2.05, 4.69) is 17.0 Å². The smallest absolute Gasteiger partial charge is 0.341 e. The van der Waals surface area contributed by atoms with E-state index in [4.69, 9.17) is 14.2 Å². The zero-order valence-corrected chi connectivity index (χ0v) is 16.5. The van der Waals surface area contributed by atoms with Crippen LogP contribution >= 0.6 is 0 Å². The van der Waals surface area contributed by atoms with Gasteiger partial charge in [-0.2, -0.15) is 0 Å². The number of carbonyl (C=O) groups is 1. The zero-order valence-electron chi connectivity index (χ0n) is 16.5. The Balaban J connectivity index is 1.76. The Hall–Kier alpha value is -2.95. The first kappa shape index (κ1) is 19.8. The molecular weight excluding hydrogens is 354 g/mol. The van der Waals surface area contributed by atoms with Gasteiger partial charge >= 0.3 is 5.97 Å². The van der Waals surface area contributed by atoms with Crippen LogP contribution in [0.5, 0.6) is 5.75 Å². The molecule has 1 fully saturated rings. The molecule has 0 spiro atoms. The lowest BCUT2D eigenvalue weighted by atomic mass is 10.0. The SMILES string of the molecule is CO/C=C(\C(=O)OC)c1ccccc1COc1cccc(N2CCCCC2)c1. The van der Waals surface area contributed by atoms with Crippen LogP contribution in [0.3, 0.4) is 0 Å². The number of nitrogens with zero attached hydrogens (tertiary/aromatic N) is 1. The number of ether oxygens (including phenoxy) is 3. The average Bonchev–Trinajstić information content (AvgIpc) is 2.76. The summed E-state index contributed by atoms with van der Waals surface area (Å²) in [4.78, 5) is 14.5. The van der Waals surface area contributed by atoms with Gasteiger partial charge in [-0.1, -0.05) is 30.3 Å². The summed E-state index contributed by atoms with van der Waals surface area (Å²) >= 11 is 0. The maximum atomic E-state index is 12.1. The van der Waals surface area contributed by atoms with Gasteiger partial charge in [0.15, 0.2) is 0 Å². The van der Waals surface area contributed by atoms with E-state index >= 15 is 0 Å². The molecule has 0 radical (unpaired) electrons. The molecule has 3 rings (SSSR count). The molecule has 2 aromatic rings. The maximum absolute atomic E-state index is 12.1. The highest BCUT2D eigenvalue weighted by Crippen LogP contribution is 2.26. The van der Waals surface area contributed by atoms with Crippen molar-refractivity contribution in [3.63, 3.8) is 0 Å². The summed E-state index contributed by atoms with van der Waals surface area (Å²) in [6, 6.07) is 15.8. The Labute approximate surface area is 166 Å². The zero-order chi connectivity index (χ0) is 19.8. The summed E-state index contributed by atoms with van der Waals surface area (Å²) in [7, 11) is 2.87. The second-order valence-electron chi connectivity index (χ2n) is 6.75. The van der Waals surface area contributed by atoms with Crippen molar-refractivity contribution < 1.29 is 19.0 Å². The van der Waals surface area contributed by atoms with E-state index in [0.29, 0.717) is 12.2 Å². The molecular formula is C23H27NO4. The highest BCUT2D eigenvalue weighted by atomic mass is 16.5. The molecule has 0 aliphatic carbocycles. The number of benzene rings is 2. The lowest BCUT2D eigenvalue weighted by Crippen LogP contribution is -2.29. The van der Waals surface area contributed by atoms with E-state index in [-0.39, 0.29) is 0 Å². The van der Waals surface area contributed by atoms with Crippen LogP contribution in [0.15, 0.2) is 54.8 Å². The van der Waals surface area contributed by atoms with Crippen molar-refractivity contribution in [1.29, 1.82) is 0 Å². The molecule has 0 atom stereocenters. The van der Waals surface area contributed by atoms with Gasteiger partial charge in [0.2, 0.25) is 0 Å². The summed E-state index contributed by atoms with van der Waals surface area (Å²) in [5.41, 5.74) is 3.19. The topological polar surface area (TPSA) is 48.0 Å². The highest BCUT2D eigenvalue weighted by molar-refractivity contribution is 6.16. The van der Waals surface area contributed by atoms with Gasteiger partial charge in [0.1, 0.15) is 17.9 Å². The van der Waals surface area contributed by atoms with E-state index in [1.807, 2.05) is 36.4 Å². The maximum Gasteiger partial charge on any atom is 0.341 e. The molecule has 0 aromatic heterocycles. The Kier molecular flexibility index (Phi) is 6.95. The fraction of sp³-hybridized carbons (Fsp3) is 0.348. The number of esters is 1. The molecule has 5 heteroatoms. The van der Waals surface area contributed by atoms with Gasteiger partial charge < -0.3 is 19.1 Å². The van der Waals surface area contributed by atoms with Crippen molar-refractivity contribution in [3.8, 4) is 5.75 Å². The molecule has 0 bridgehead atoms. The van der Waals surface area contributed by atoms with E-state index < -0.39 is 5.97 Å². The first-order chi connectivity index (χ1) is 13.7. The van der Waals surface area contributed by atoms with Gasteiger partial charge in [-0.15, -0.1) is 0 Å². The van der Waals surface area contributed by atoms with Crippen LogP contribution in [-0.2, 0) is 20.9 Å².